The standard InChI is InChI=1S/C30H42O7/c1-5-7-11-18-29(4,6-2)27(34)36-20-26(33)21-37-28(35)30(19-22(3)31,23-12-9-8-10-13-23)24-14-16-25(32)17-15-24/h8-10,12-17,22,26,31-33H,5-7,11,18-21H2,1-4H3. The van der Waals surface area contributed by atoms with E-state index in [1.807, 2.05) is 19.9 Å². The number of carbonyl (C=O) groups excluding carboxylic acids is 2. The second-order valence-corrected chi connectivity index (χ2v) is 10.1. The van der Waals surface area contributed by atoms with Gasteiger partial charge in [0.05, 0.1) is 11.5 Å². The first-order valence-electron chi connectivity index (χ1n) is 13.1. The van der Waals surface area contributed by atoms with Gasteiger partial charge in [-0.2, -0.15) is 0 Å². The molecular weight excluding hydrogens is 472 g/mol. The number of aromatic hydroxyl groups is 1. The fourth-order valence-electron chi connectivity index (χ4n) is 4.51. The van der Waals surface area contributed by atoms with Gasteiger partial charge >= 0.3 is 11.9 Å². The van der Waals surface area contributed by atoms with Gasteiger partial charge in [-0.3, -0.25) is 9.59 Å². The average molecular weight is 515 g/mol. The van der Waals surface area contributed by atoms with E-state index >= 15 is 0 Å². The van der Waals surface area contributed by atoms with E-state index in [4.69, 9.17) is 9.47 Å². The third-order valence-corrected chi connectivity index (χ3v) is 7.00. The maximum atomic E-state index is 13.7. The number of phenolic OH excluding ortho intramolecular Hbond substituents is 1. The molecule has 3 N–H and O–H groups in total. The Balaban J connectivity index is 2.17. The molecule has 7 nitrogen and oxygen atoms in total. The highest BCUT2D eigenvalue weighted by molar-refractivity contribution is 5.88. The van der Waals surface area contributed by atoms with Crippen LogP contribution in [0.25, 0.3) is 0 Å². The zero-order valence-corrected chi connectivity index (χ0v) is 22.5. The summed E-state index contributed by atoms with van der Waals surface area (Å²) in [5.74, 6) is -0.982. The topological polar surface area (TPSA) is 113 Å². The Labute approximate surface area is 220 Å². The molecule has 0 aliphatic carbocycles. The molecule has 2 aromatic rings. The molecular formula is C30H42O7. The van der Waals surface area contributed by atoms with Crippen LogP contribution in [0.15, 0.2) is 54.6 Å². The minimum atomic E-state index is -1.38. The Morgan fingerprint density at radius 1 is 0.865 bits per heavy atom. The van der Waals surface area contributed by atoms with Gasteiger partial charge in [-0.1, -0.05) is 75.6 Å². The number of ether oxygens (including phenoxy) is 2. The minimum Gasteiger partial charge on any atom is -0.508 e. The van der Waals surface area contributed by atoms with Crippen molar-refractivity contribution in [3.05, 3.63) is 65.7 Å². The number of hydrogen-bond donors (Lipinski definition) is 3. The first-order valence-corrected chi connectivity index (χ1v) is 13.1. The number of aliphatic hydroxyl groups excluding tert-OH is 2. The fraction of sp³-hybridized carbons (Fsp3) is 0.533. The summed E-state index contributed by atoms with van der Waals surface area (Å²) >= 11 is 0. The first kappa shape index (κ1) is 30.3. The Bertz CT molecular complexity index is 973. The van der Waals surface area contributed by atoms with Crippen molar-refractivity contribution in [2.24, 2.45) is 5.41 Å². The lowest BCUT2D eigenvalue weighted by atomic mass is 9.70. The monoisotopic (exact) mass is 514 g/mol. The zero-order valence-electron chi connectivity index (χ0n) is 22.5. The van der Waals surface area contributed by atoms with E-state index in [1.54, 1.807) is 43.3 Å². The number of phenols is 1. The summed E-state index contributed by atoms with van der Waals surface area (Å²) in [5, 5.41) is 30.6. The Hall–Kier alpha value is -2.90. The van der Waals surface area contributed by atoms with Gasteiger partial charge in [0.15, 0.2) is 0 Å². The van der Waals surface area contributed by atoms with Crippen LogP contribution < -0.4 is 0 Å². The molecule has 0 saturated heterocycles. The lowest BCUT2D eigenvalue weighted by Crippen LogP contribution is -2.42. The van der Waals surface area contributed by atoms with E-state index in [0.29, 0.717) is 24.0 Å². The lowest BCUT2D eigenvalue weighted by molar-refractivity contribution is -0.162. The molecule has 204 valence electrons. The highest BCUT2D eigenvalue weighted by Crippen LogP contribution is 2.39. The van der Waals surface area contributed by atoms with Crippen molar-refractivity contribution in [2.45, 2.75) is 83.8 Å². The van der Waals surface area contributed by atoms with Crippen molar-refractivity contribution in [1.82, 2.24) is 0 Å². The Morgan fingerprint density at radius 2 is 1.43 bits per heavy atom. The van der Waals surface area contributed by atoms with Gasteiger partial charge < -0.3 is 24.8 Å². The van der Waals surface area contributed by atoms with Crippen LogP contribution in [0.3, 0.4) is 0 Å². The van der Waals surface area contributed by atoms with Crippen LogP contribution in [0.1, 0.15) is 77.3 Å². The van der Waals surface area contributed by atoms with Crippen LogP contribution >= 0.6 is 0 Å². The number of rotatable bonds is 15. The minimum absolute atomic E-state index is 0.0261. The average Bonchev–Trinajstić information content (AvgIpc) is 2.89. The fourth-order valence-corrected chi connectivity index (χ4v) is 4.51. The van der Waals surface area contributed by atoms with Gasteiger partial charge in [-0.05, 0) is 56.4 Å². The van der Waals surface area contributed by atoms with Gasteiger partial charge in [-0.25, -0.2) is 0 Å². The maximum Gasteiger partial charge on any atom is 0.321 e. The summed E-state index contributed by atoms with van der Waals surface area (Å²) in [6, 6.07) is 15.1. The molecule has 0 bridgehead atoms. The molecule has 0 saturated carbocycles. The Kier molecular flexibility index (Phi) is 11.6. The highest BCUT2D eigenvalue weighted by atomic mass is 16.6. The molecule has 0 amide bonds. The van der Waals surface area contributed by atoms with Crippen LogP contribution in [-0.2, 0) is 24.5 Å². The van der Waals surface area contributed by atoms with Crippen molar-refractivity contribution in [1.29, 1.82) is 0 Å². The van der Waals surface area contributed by atoms with Crippen LogP contribution in [0.4, 0.5) is 0 Å². The van der Waals surface area contributed by atoms with E-state index in [2.05, 4.69) is 6.92 Å². The summed E-state index contributed by atoms with van der Waals surface area (Å²) in [6.45, 7) is 6.85. The van der Waals surface area contributed by atoms with Gasteiger partial charge in [0.1, 0.15) is 30.5 Å². The van der Waals surface area contributed by atoms with Crippen LogP contribution in [-0.4, -0.2) is 52.7 Å². The number of esters is 2. The van der Waals surface area contributed by atoms with Crippen LogP contribution in [0.5, 0.6) is 5.75 Å². The van der Waals surface area contributed by atoms with Crippen LogP contribution in [0, 0.1) is 5.41 Å². The summed E-state index contributed by atoms with van der Waals surface area (Å²) in [5.41, 5.74) is -0.851. The van der Waals surface area contributed by atoms with E-state index in [0.717, 1.165) is 19.3 Å². The van der Waals surface area contributed by atoms with Gasteiger partial charge in [0.2, 0.25) is 0 Å². The summed E-state index contributed by atoms with van der Waals surface area (Å²) in [6.07, 6.45) is 2.34. The molecule has 0 heterocycles. The largest absolute Gasteiger partial charge is 0.508 e. The molecule has 0 aromatic heterocycles. The maximum absolute atomic E-state index is 13.7. The van der Waals surface area contributed by atoms with Crippen molar-refractivity contribution in [3.63, 3.8) is 0 Å². The smallest absolute Gasteiger partial charge is 0.321 e. The number of unbranched alkanes of at least 4 members (excludes halogenated alkanes) is 2. The van der Waals surface area contributed by atoms with Crippen LogP contribution in [0.2, 0.25) is 0 Å². The molecule has 4 atom stereocenters. The highest BCUT2D eigenvalue weighted by Gasteiger charge is 2.45. The number of carbonyl (C=O) groups is 2. The SMILES string of the molecule is CCCCCC(C)(CC)C(=O)OCC(O)COC(=O)C(CC(C)O)(c1ccccc1)c1ccc(O)cc1. The molecule has 4 unspecified atom stereocenters. The first-order chi connectivity index (χ1) is 17.6. The lowest BCUT2D eigenvalue weighted by Gasteiger charge is -2.34. The van der Waals surface area contributed by atoms with Crippen molar-refractivity contribution >= 4 is 11.9 Å². The van der Waals surface area contributed by atoms with E-state index < -0.39 is 29.0 Å². The molecule has 7 heteroatoms. The van der Waals surface area contributed by atoms with Gasteiger partial charge in [0.25, 0.3) is 0 Å². The molecule has 2 aromatic carbocycles. The van der Waals surface area contributed by atoms with E-state index in [-0.39, 0.29) is 31.4 Å². The molecule has 0 fully saturated rings. The predicted molar refractivity (Wildman–Crippen MR) is 142 cm³/mol. The molecule has 2 rings (SSSR count). The summed E-state index contributed by atoms with van der Waals surface area (Å²) < 4.78 is 11.0. The van der Waals surface area contributed by atoms with Crippen molar-refractivity contribution < 1.29 is 34.4 Å². The van der Waals surface area contributed by atoms with E-state index in [1.165, 1.54) is 12.1 Å². The molecule has 0 spiro atoms. The molecule has 0 aliphatic heterocycles. The third kappa shape index (κ3) is 8.04. The van der Waals surface area contributed by atoms with E-state index in [9.17, 15) is 24.9 Å². The number of hydrogen-bond acceptors (Lipinski definition) is 7. The van der Waals surface area contributed by atoms with Gasteiger partial charge in [0, 0.05) is 0 Å². The molecule has 37 heavy (non-hydrogen) atoms. The number of aliphatic hydroxyl groups is 2. The molecule has 0 radical (unpaired) electrons. The van der Waals surface area contributed by atoms with Crippen molar-refractivity contribution in [3.8, 4) is 5.75 Å². The predicted octanol–water partition coefficient (Wildman–Crippen LogP) is 4.89. The molecule has 0 aliphatic rings. The van der Waals surface area contributed by atoms with Crippen molar-refractivity contribution in [2.75, 3.05) is 13.2 Å². The summed E-state index contributed by atoms with van der Waals surface area (Å²) in [4.78, 5) is 26.4. The quantitative estimate of drug-likeness (QED) is 0.229. The number of benzene rings is 2. The Morgan fingerprint density at radius 3 is 1.97 bits per heavy atom. The third-order valence-electron chi connectivity index (χ3n) is 7.00. The zero-order chi connectivity index (χ0) is 27.5. The van der Waals surface area contributed by atoms with Gasteiger partial charge in [-0.15, -0.1) is 0 Å². The normalized spacial score (nSPS) is 16.2. The summed E-state index contributed by atoms with van der Waals surface area (Å²) in [7, 11) is 0. The second kappa shape index (κ2) is 14.1. The second-order valence-electron chi connectivity index (χ2n) is 10.1.